The second-order valence-corrected chi connectivity index (χ2v) is 4.63. The van der Waals surface area contributed by atoms with Crippen molar-refractivity contribution < 1.29 is 9.15 Å². The lowest BCUT2D eigenvalue weighted by atomic mass is 10.1. The average Bonchev–Trinajstić information content (AvgIpc) is 2.98. The Hall–Kier alpha value is -2.55. The van der Waals surface area contributed by atoms with E-state index < -0.39 is 0 Å². The summed E-state index contributed by atoms with van der Waals surface area (Å²) in [6.07, 6.45) is 1.68. The summed E-state index contributed by atoms with van der Waals surface area (Å²) < 4.78 is 10.7. The highest BCUT2D eigenvalue weighted by molar-refractivity contribution is 5.63. The first-order chi connectivity index (χ1) is 9.76. The molecule has 3 heteroatoms. The van der Waals surface area contributed by atoms with Gasteiger partial charge in [-0.2, -0.15) is 0 Å². The van der Waals surface area contributed by atoms with Crippen LogP contribution >= 0.6 is 0 Å². The molecule has 1 heterocycles. The van der Waals surface area contributed by atoms with E-state index in [-0.39, 0.29) is 0 Å². The van der Waals surface area contributed by atoms with Crippen molar-refractivity contribution in [2.75, 3.05) is 7.11 Å². The minimum Gasteiger partial charge on any atom is -0.497 e. The molecule has 0 aliphatic rings. The number of methoxy groups -OCH3 is 1. The second-order valence-electron chi connectivity index (χ2n) is 4.63. The fourth-order valence-electron chi connectivity index (χ4n) is 2.00. The fourth-order valence-corrected chi connectivity index (χ4v) is 2.00. The summed E-state index contributed by atoms with van der Waals surface area (Å²) in [5, 5.41) is 0. The first-order valence-electron chi connectivity index (χ1n) is 6.43. The van der Waals surface area contributed by atoms with E-state index in [1.165, 1.54) is 5.56 Å². The van der Waals surface area contributed by atoms with Crippen molar-refractivity contribution in [3.8, 4) is 28.5 Å². The molecule has 1 aromatic heterocycles. The van der Waals surface area contributed by atoms with Gasteiger partial charge in [0, 0.05) is 11.1 Å². The number of hydrogen-bond donors (Lipinski definition) is 0. The zero-order valence-electron chi connectivity index (χ0n) is 11.5. The van der Waals surface area contributed by atoms with Crippen LogP contribution in [0.4, 0.5) is 0 Å². The molecule has 100 valence electrons. The van der Waals surface area contributed by atoms with Gasteiger partial charge < -0.3 is 9.15 Å². The molecule has 0 bridgehead atoms. The van der Waals surface area contributed by atoms with Crippen LogP contribution in [0.15, 0.2) is 59.2 Å². The third-order valence-electron chi connectivity index (χ3n) is 3.19. The molecule has 2 aromatic carbocycles. The molecular weight excluding hydrogens is 250 g/mol. The van der Waals surface area contributed by atoms with Gasteiger partial charge in [0.1, 0.15) is 17.7 Å². The van der Waals surface area contributed by atoms with Crippen LogP contribution in [0.2, 0.25) is 0 Å². The van der Waals surface area contributed by atoms with Gasteiger partial charge in [-0.25, -0.2) is 4.98 Å². The third-order valence-corrected chi connectivity index (χ3v) is 3.19. The van der Waals surface area contributed by atoms with Gasteiger partial charge in [0.15, 0.2) is 0 Å². The zero-order valence-corrected chi connectivity index (χ0v) is 11.5. The Bertz CT molecular complexity index is 697. The Morgan fingerprint density at radius 2 is 1.55 bits per heavy atom. The van der Waals surface area contributed by atoms with Crippen LogP contribution in [0.5, 0.6) is 5.75 Å². The van der Waals surface area contributed by atoms with Crippen LogP contribution in [0.1, 0.15) is 5.56 Å². The Morgan fingerprint density at radius 1 is 0.900 bits per heavy atom. The van der Waals surface area contributed by atoms with Gasteiger partial charge in [-0.1, -0.05) is 29.8 Å². The maximum Gasteiger partial charge on any atom is 0.226 e. The van der Waals surface area contributed by atoms with Crippen molar-refractivity contribution in [1.29, 1.82) is 0 Å². The molecule has 0 saturated heterocycles. The Balaban J connectivity index is 1.91. The average molecular weight is 265 g/mol. The van der Waals surface area contributed by atoms with E-state index in [0.29, 0.717) is 5.89 Å². The van der Waals surface area contributed by atoms with E-state index in [2.05, 4.69) is 24.0 Å². The lowest BCUT2D eigenvalue weighted by Crippen LogP contribution is -1.83. The maximum atomic E-state index is 5.56. The van der Waals surface area contributed by atoms with Crippen LogP contribution in [0.25, 0.3) is 22.7 Å². The third kappa shape index (κ3) is 2.43. The van der Waals surface area contributed by atoms with Crippen molar-refractivity contribution >= 4 is 0 Å². The van der Waals surface area contributed by atoms with Gasteiger partial charge >= 0.3 is 0 Å². The highest BCUT2D eigenvalue weighted by atomic mass is 16.5. The van der Waals surface area contributed by atoms with Crippen LogP contribution in [0.3, 0.4) is 0 Å². The minimum absolute atomic E-state index is 0.614. The van der Waals surface area contributed by atoms with E-state index in [0.717, 1.165) is 22.6 Å². The Labute approximate surface area is 117 Å². The first-order valence-corrected chi connectivity index (χ1v) is 6.43. The van der Waals surface area contributed by atoms with E-state index >= 15 is 0 Å². The molecule has 0 atom stereocenters. The number of rotatable bonds is 3. The largest absolute Gasteiger partial charge is 0.497 e. The Kier molecular flexibility index (Phi) is 3.25. The number of nitrogens with zero attached hydrogens (tertiary/aromatic N) is 1. The number of aryl methyl sites for hydroxylation is 1. The lowest BCUT2D eigenvalue weighted by Gasteiger charge is -1.99. The highest BCUT2D eigenvalue weighted by Crippen LogP contribution is 2.26. The van der Waals surface area contributed by atoms with Crippen LogP contribution in [-0.2, 0) is 0 Å². The maximum absolute atomic E-state index is 5.56. The molecule has 0 fully saturated rings. The summed E-state index contributed by atoms with van der Waals surface area (Å²) >= 11 is 0. The lowest BCUT2D eigenvalue weighted by molar-refractivity contribution is 0.415. The molecule has 0 N–H and O–H groups in total. The van der Waals surface area contributed by atoms with Gasteiger partial charge in [-0.05, 0) is 31.2 Å². The minimum atomic E-state index is 0.614. The van der Waals surface area contributed by atoms with Crippen molar-refractivity contribution in [1.82, 2.24) is 4.98 Å². The molecule has 0 amide bonds. The second kappa shape index (κ2) is 5.21. The van der Waals surface area contributed by atoms with E-state index in [1.807, 2.05) is 36.4 Å². The van der Waals surface area contributed by atoms with Crippen molar-refractivity contribution in [2.45, 2.75) is 6.92 Å². The predicted molar refractivity (Wildman–Crippen MR) is 78.7 cm³/mol. The highest BCUT2D eigenvalue weighted by Gasteiger charge is 2.08. The Morgan fingerprint density at radius 3 is 2.20 bits per heavy atom. The quantitative estimate of drug-likeness (QED) is 0.707. The summed E-state index contributed by atoms with van der Waals surface area (Å²) in [7, 11) is 1.65. The van der Waals surface area contributed by atoms with Crippen LogP contribution in [0, 0.1) is 6.92 Å². The van der Waals surface area contributed by atoms with Gasteiger partial charge in [-0.3, -0.25) is 0 Å². The topological polar surface area (TPSA) is 35.3 Å². The number of oxazole rings is 1. The summed E-state index contributed by atoms with van der Waals surface area (Å²) in [4.78, 5) is 4.53. The van der Waals surface area contributed by atoms with Crippen molar-refractivity contribution in [3.05, 3.63) is 60.4 Å². The predicted octanol–water partition coefficient (Wildman–Crippen LogP) is 4.33. The fraction of sp³-hybridized carbons (Fsp3) is 0.118. The standard InChI is InChI=1S/C17H15NO2/c1-12-3-5-13(6-4-12)16-11-20-17(18-16)14-7-9-15(19-2)10-8-14/h3-11H,1-2H3. The molecule has 0 aliphatic carbocycles. The number of aromatic nitrogens is 1. The number of ether oxygens (including phenoxy) is 1. The van der Waals surface area contributed by atoms with Gasteiger partial charge in [0.05, 0.1) is 7.11 Å². The molecule has 20 heavy (non-hydrogen) atoms. The van der Waals surface area contributed by atoms with Gasteiger partial charge in [0.2, 0.25) is 5.89 Å². The smallest absolute Gasteiger partial charge is 0.226 e. The monoisotopic (exact) mass is 265 g/mol. The normalized spacial score (nSPS) is 10.5. The van der Waals surface area contributed by atoms with Crippen molar-refractivity contribution in [2.24, 2.45) is 0 Å². The number of hydrogen-bond acceptors (Lipinski definition) is 3. The SMILES string of the molecule is COc1ccc(-c2nc(-c3ccc(C)cc3)co2)cc1. The molecule has 3 aromatic rings. The van der Waals surface area contributed by atoms with Crippen molar-refractivity contribution in [3.63, 3.8) is 0 Å². The van der Waals surface area contributed by atoms with Gasteiger partial charge in [-0.15, -0.1) is 0 Å². The summed E-state index contributed by atoms with van der Waals surface area (Å²) in [5.74, 6) is 1.43. The molecule has 3 rings (SSSR count). The molecule has 0 radical (unpaired) electrons. The van der Waals surface area contributed by atoms with Crippen LogP contribution < -0.4 is 4.74 Å². The first kappa shape index (κ1) is 12.5. The summed E-state index contributed by atoms with van der Waals surface area (Å²) in [6, 6.07) is 15.9. The molecule has 0 spiro atoms. The molecule has 0 aliphatic heterocycles. The van der Waals surface area contributed by atoms with E-state index in [1.54, 1.807) is 13.4 Å². The van der Waals surface area contributed by atoms with Gasteiger partial charge in [0.25, 0.3) is 0 Å². The summed E-state index contributed by atoms with van der Waals surface area (Å²) in [5.41, 5.74) is 4.06. The van der Waals surface area contributed by atoms with E-state index in [9.17, 15) is 0 Å². The molecule has 0 saturated carbocycles. The molecule has 3 nitrogen and oxygen atoms in total. The van der Waals surface area contributed by atoms with Crippen LogP contribution in [-0.4, -0.2) is 12.1 Å². The summed E-state index contributed by atoms with van der Waals surface area (Å²) in [6.45, 7) is 2.06. The molecule has 0 unspecified atom stereocenters. The van der Waals surface area contributed by atoms with E-state index in [4.69, 9.17) is 9.15 Å². The molecular formula is C17H15NO2. The zero-order chi connectivity index (χ0) is 13.9. The number of benzene rings is 2.